The normalized spacial score (nSPS) is 15.9. The van der Waals surface area contributed by atoms with Gasteiger partial charge in [0.15, 0.2) is 11.6 Å². The van der Waals surface area contributed by atoms with Crippen LogP contribution in [0.3, 0.4) is 0 Å². The van der Waals surface area contributed by atoms with E-state index >= 15 is 0 Å². The first-order valence-electron chi connectivity index (χ1n) is 11.5. The summed E-state index contributed by atoms with van der Waals surface area (Å²) in [5, 5.41) is 12.8. The molecular weight excluding hydrogens is 497 g/mol. The van der Waals surface area contributed by atoms with Crippen molar-refractivity contribution >= 4 is 39.1 Å². The Balaban J connectivity index is 1.24. The number of fused-ring (bicyclic) bond motifs is 1. The van der Waals surface area contributed by atoms with Crippen molar-refractivity contribution in [3.8, 4) is 17.1 Å². The van der Waals surface area contributed by atoms with Crippen molar-refractivity contribution in [2.45, 2.75) is 13.0 Å². The molecule has 0 aliphatic carbocycles. The highest BCUT2D eigenvalue weighted by atomic mass is 32.1. The summed E-state index contributed by atoms with van der Waals surface area (Å²) in [6.07, 6.45) is 5.35. The van der Waals surface area contributed by atoms with E-state index in [0.29, 0.717) is 19.6 Å². The molecule has 0 unspecified atom stereocenters. The van der Waals surface area contributed by atoms with Crippen molar-refractivity contribution in [3.05, 3.63) is 66.5 Å². The topological polar surface area (TPSA) is 126 Å². The molecular formula is C24H20FN9O2S. The number of aromatic amines is 1. The lowest BCUT2D eigenvalue weighted by Crippen LogP contribution is -2.55. The minimum atomic E-state index is -0.786. The summed E-state index contributed by atoms with van der Waals surface area (Å²) in [6.45, 7) is 3.23. The number of pyridine rings is 1. The van der Waals surface area contributed by atoms with Gasteiger partial charge in [-0.05, 0) is 6.92 Å². The predicted octanol–water partition coefficient (Wildman–Crippen LogP) is 2.72. The zero-order valence-electron chi connectivity index (χ0n) is 19.6. The smallest absolute Gasteiger partial charge is 0.295 e. The van der Waals surface area contributed by atoms with Crippen LogP contribution in [0.1, 0.15) is 17.3 Å². The lowest BCUT2D eigenvalue weighted by molar-refractivity contribution is -0.128. The summed E-state index contributed by atoms with van der Waals surface area (Å²) in [5.41, 5.74) is 1.97. The number of ketones is 1. The Hall–Kier alpha value is -4.52. The van der Waals surface area contributed by atoms with Crippen LogP contribution < -0.4 is 4.90 Å². The molecule has 5 heterocycles. The van der Waals surface area contributed by atoms with Gasteiger partial charge in [0.25, 0.3) is 11.7 Å². The molecule has 0 spiro atoms. The largest absolute Gasteiger partial charge is 0.357 e. The predicted molar refractivity (Wildman–Crippen MR) is 134 cm³/mol. The maximum Gasteiger partial charge on any atom is 0.295 e. The minimum Gasteiger partial charge on any atom is -0.357 e. The number of hydrogen-bond donors (Lipinski definition) is 1. The van der Waals surface area contributed by atoms with Gasteiger partial charge in [-0.1, -0.05) is 40.0 Å². The number of carbonyl (C=O) groups excluding carboxylic acids is 2. The third kappa shape index (κ3) is 3.93. The summed E-state index contributed by atoms with van der Waals surface area (Å²) < 4.78 is 20.3. The van der Waals surface area contributed by atoms with Crippen LogP contribution in [0.5, 0.6) is 0 Å². The van der Waals surface area contributed by atoms with Gasteiger partial charge < -0.3 is 14.8 Å². The number of anilines is 1. The number of hydrogen-bond acceptors (Lipinski definition) is 9. The molecule has 5 aromatic rings. The number of halogens is 1. The number of H-pyrrole nitrogens is 1. The highest BCUT2D eigenvalue weighted by molar-refractivity contribution is 7.10. The molecule has 1 fully saturated rings. The van der Waals surface area contributed by atoms with Gasteiger partial charge in [0, 0.05) is 49.0 Å². The Kier molecular flexibility index (Phi) is 5.68. The molecule has 13 heteroatoms. The average molecular weight is 518 g/mol. The molecule has 1 N–H and O–H groups in total. The van der Waals surface area contributed by atoms with Crippen molar-refractivity contribution < 1.29 is 14.0 Å². The molecule has 4 aromatic heterocycles. The highest BCUT2D eigenvalue weighted by Gasteiger charge is 2.34. The van der Waals surface area contributed by atoms with Gasteiger partial charge in [-0.25, -0.2) is 14.1 Å². The number of carbonyl (C=O) groups is 2. The lowest BCUT2D eigenvalue weighted by atomic mass is 10.1. The number of nitrogens with zero attached hydrogens (tertiary/aromatic N) is 8. The van der Waals surface area contributed by atoms with E-state index in [-0.39, 0.29) is 28.3 Å². The van der Waals surface area contributed by atoms with Crippen LogP contribution >= 0.6 is 11.5 Å². The summed E-state index contributed by atoms with van der Waals surface area (Å²) in [6, 6.07) is 9.53. The molecule has 186 valence electrons. The van der Waals surface area contributed by atoms with Gasteiger partial charge in [0.2, 0.25) is 0 Å². The van der Waals surface area contributed by atoms with Crippen LogP contribution in [0.15, 0.2) is 55.1 Å². The quantitative estimate of drug-likeness (QED) is 0.279. The summed E-state index contributed by atoms with van der Waals surface area (Å²) in [4.78, 5) is 37.2. The van der Waals surface area contributed by atoms with E-state index in [1.54, 1.807) is 6.20 Å². The van der Waals surface area contributed by atoms with Crippen LogP contribution in [0, 0.1) is 5.82 Å². The average Bonchev–Trinajstić information content (AvgIpc) is 3.70. The number of Topliss-reactive ketones (excluding diaryl/α,β-unsaturated/α-hetero) is 1. The first-order chi connectivity index (χ1) is 18.0. The molecule has 1 atom stereocenters. The van der Waals surface area contributed by atoms with E-state index in [9.17, 15) is 14.0 Å². The fraction of sp³-hybridized carbons (Fsp3) is 0.208. The van der Waals surface area contributed by atoms with E-state index in [4.69, 9.17) is 0 Å². The van der Waals surface area contributed by atoms with Crippen molar-refractivity contribution in [2.24, 2.45) is 0 Å². The molecule has 37 heavy (non-hydrogen) atoms. The Morgan fingerprint density at radius 2 is 2.03 bits per heavy atom. The number of benzene rings is 1. The molecule has 0 radical (unpaired) electrons. The van der Waals surface area contributed by atoms with Crippen molar-refractivity contribution in [1.82, 2.24) is 39.4 Å². The van der Waals surface area contributed by atoms with E-state index in [1.807, 2.05) is 37.3 Å². The zero-order valence-corrected chi connectivity index (χ0v) is 20.4. The number of nitrogens with one attached hydrogen (secondary N) is 1. The molecule has 1 aromatic carbocycles. The monoisotopic (exact) mass is 517 g/mol. The number of amides is 1. The standard InChI is InChI=1S/C24H20FN9O2S/c1-14-13-32(24-19(29-31-37-24)15-5-3-2-4-6-15)9-10-33(14)23(36)21(35)16-11-26-20-18(16)17(25)12-27-22(20)34-8-7-28-30-34/h2-8,11-12,14,26H,9-10,13H2,1H3/t14-/m1/s1. The lowest BCUT2D eigenvalue weighted by Gasteiger charge is -2.40. The second kappa shape index (κ2) is 9.17. The Morgan fingerprint density at radius 3 is 2.78 bits per heavy atom. The minimum absolute atomic E-state index is 0.00613. The van der Waals surface area contributed by atoms with Crippen LogP contribution in [-0.2, 0) is 4.79 Å². The van der Waals surface area contributed by atoms with Crippen LogP contribution in [0.2, 0.25) is 0 Å². The van der Waals surface area contributed by atoms with Crippen molar-refractivity contribution in [1.29, 1.82) is 0 Å². The number of aromatic nitrogens is 7. The fourth-order valence-corrected chi connectivity index (χ4v) is 5.35. The van der Waals surface area contributed by atoms with E-state index in [2.05, 4.69) is 34.8 Å². The third-order valence-corrected chi connectivity index (χ3v) is 7.20. The van der Waals surface area contributed by atoms with Gasteiger partial charge in [-0.3, -0.25) is 9.59 Å². The van der Waals surface area contributed by atoms with Gasteiger partial charge in [0.1, 0.15) is 10.7 Å². The maximum atomic E-state index is 14.8. The zero-order chi connectivity index (χ0) is 25.5. The number of rotatable bonds is 5. The van der Waals surface area contributed by atoms with Crippen LogP contribution in [0.25, 0.3) is 28.0 Å². The second-order valence-corrected chi connectivity index (χ2v) is 9.38. The molecule has 11 nitrogen and oxygen atoms in total. The first-order valence-corrected chi connectivity index (χ1v) is 12.3. The van der Waals surface area contributed by atoms with E-state index in [0.717, 1.165) is 22.5 Å². The van der Waals surface area contributed by atoms with Crippen molar-refractivity contribution in [2.75, 3.05) is 24.5 Å². The van der Waals surface area contributed by atoms with Gasteiger partial charge in [-0.2, -0.15) is 0 Å². The molecule has 6 rings (SSSR count). The number of piperazine rings is 1. The molecule has 1 aliphatic heterocycles. The molecule has 1 saturated heterocycles. The van der Waals surface area contributed by atoms with Gasteiger partial charge in [-0.15, -0.1) is 10.2 Å². The van der Waals surface area contributed by atoms with Crippen molar-refractivity contribution in [3.63, 3.8) is 0 Å². The summed E-state index contributed by atoms with van der Waals surface area (Å²) >= 11 is 1.30. The highest BCUT2D eigenvalue weighted by Crippen LogP contribution is 2.33. The Bertz CT molecular complexity index is 1600. The summed E-state index contributed by atoms with van der Waals surface area (Å²) in [7, 11) is 0. The molecule has 0 saturated carbocycles. The van der Waals surface area contributed by atoms with E-state index < -0.39 is 17.5 Å². The molecule has 1 amide bonds. The maximum absolute atomic E-state index is 14.8. The third-order valence-electron chi connectivity index (χ3n) is 6.41. The van der Waals surface area contributed by atoms with Crippen LogP contribution in [0.4, 0.5) is 9.39 Å². The van der Waals surface area contributed by atoms with Gasteiger partial charge in [0.05, 0.1) is 35.1 Å². The second-order valence-electron chi connectivity index (χ2n) is 8.65. The SMILES string of the molecule is C[C@@H]1CN(c2snnc2-c2ccccc2)CCN1C(=O)C(=O)c1c[nH]c2c(-n3ccnn3)ncc(F)c12. The summed E-state index contributed by atoms with van der Waals surface area (Å²) in [5.74, 6) is -1.90. The first kappa shape index (κ1) is 22.9. The Morgan fingerprint density at radius 1 is 1.19 bits per heavy atom. The van der Waals surface area contributed by atoms with E-state index in [1.165, 1.54) is 33.5 Å². The molecule has 1 aliphatic rings. The Labute approximate surface area is 213 Å². The van der Waals surface area contributed by atoms with Crippen LogP contribution in [-0.4, -0.2) is 76.8 Å². The fourth-order valence-electron chi connectivity index (χ4n) is 4.63. The van der Waals surface area contributed by atoms with Gasteiger partial charge >= 0.3 is 0 Å². The molecule has 0 bridgehead atoms.